The van der Waals surface area contributed by atoms with E-state index in [1.807, 2.05) is 0 Å². The Morgan fingerprint density at radius 2 is 1.85 bits per heavy atom. The van der Waals surface area contributed by atoms with E-state index in [0.717, 1.165) is 0 Å². The molecule has 80 valence electrons. The molecule has 0 aliphatic heterocycles. The Morgan fingerprint density at radius 1 is 1.38 bits per heavy atom. The zero-order valence-electron chi connectivity index (χ0n) is 7.27. The Labute approximate surface area is 84.5 Å². The van der Waals surface area contributed by atoms with Gasteiger partial charge < -0.3 is 19.3 Å². The molecule has 0 fully saturated rings. The van der Waals surface area contributed by atoms with Gasteiger partial charge >= 0.3 is 7.82 Å². The van der Waals surface area contributed by atoms with Gasteiger partial charge in [0.05, 0.1) is 5.33 Å². The molecule has 6 nitrogen and oxygen atoms in total. The fourth-order valence-electron chi connectivity index (χ4n) is 0.531. The number of alkyl halides is 1. The highest BCUT2D eigenvalue weighted by molar-refractivity contribution is 9.09. The number of rotatable bonds is 6. The molecule has 0 aromatic heterocycles. The van der Waals surface area contributed by atoms with Crippen molar-refractivity contribution in [1.82, 2.24) is 0 Å². The third-order valence-corrected chi connectivity index (χ3v) is 2.72. The largest absolute Gasteiger partial charge is 0.469 e. The van der Waals surface area contributed by atoms with Gasteiger partial charge in [-0.2, -0.15) is 0 Å². The number of methoxy groups -OCH3 is 2. The molecule has 0 amide bonds. The molecule has 13 heavy (non-hydrogen) atoms. The van der Waals surface area contributed by atoms with Crippen molar-refractivity contribution in [2.24, 2.45) is 0 Å². The highest BCUT2D eigenvalue weighted by Gasteiger charge is 2.32. The minimum Gasteiger partial charge on any atom is -0.350 e. The van der Waals surface area contributed by atoms with Crippen LogP contribution in [0.5, 0.6) is 0 Å². The summed E-state index contributed by atoms with van der Waals surface area (Å²) in [6.45, 7) is -0.352. The van der Waals surface area contributed by atoms with Crippen molar-refractivity contribution in [3.63, 3.8) is 0 Å². The van der Waals surface area contributed by atoms with Gasteiger partial charge in [-0.1, -0.05) is 15.9 Å². The van der Waals surface area contributed by atoms with Gasteiger partial charge in [-0.05, 0) is 0 Å². The minimum absolute atomic E-state index is 0.243. The van der Waals surface area contributed by atoms with Crippen LogP contribution in [-0.4, -0.2) is 41.7 Å². The standard InChI is InChI=1S/C5H12BrO6P/c1-10-5(3-6,11-2)4-12-13(7,8)9/h3-4H2,1-2H3,(H2,7,8,9). The van der Waals surface area contributed by atoms with Gasteiger partial charge in [-0.3, -0.25) is 4.52 Å². The Balaban J connectivity index is 4.19. The molecule has 0 heterocycles. The van der Waals surface area contributed by atoms with Gasteiger partial charge in [0.25, 0.3) is 0 Å². The van der Waals surface area contributed by atoms with Crippen molar-refractivity contribution in [3.05, 3.63) is 0 Å². The van der Waals surface area contributed by atoms with Crippen molar-refractivity contribution in [3.8, 4) is 0 Å². The van der Waals surface area contributed by atoms with Crippen LogP contribution in [0.1, 0.15) is 0 Å². The van der Waals surface area contributed by atoms with E-state index in [2.05, 4.69) is 20.5 Å². The average molecular weight is 279 g/mol. The maximum Gasteiger partial charge on any atom is 0.469 e. The highest BCUT2D eigenvalue weighted by atomic mass is 79.9. The summed E-state index contributed by atoms with van der Waals surface area (Å²) in [5.41, 5.74) is 0. The molecule has 0 unspecified atom stereocenters. The van der Waals surface area contributed by atoms with E-state index in [1.54, 1.807) is 0 Å². The van der Waals surface area contributed by atoms with Gasteiger partial charge in [0.15, 0.2) is 0 Å². The predicted molar refractivity (Wildman–Crippen MR) is 48.5 cm³/mol. The second-order valence-corrected chi connectivity index (χ2v) is 4.02. The molecular weight excluding hydrogens is 267 g/mol. The van der Waals surface area contributed by atoms with Gasteiger partial charge in [0.1, 0.15) is 6.61 Å². The highest BCUT2D eigenvalue weighted by Crippen LogP contribution is 2.37. The topological polar surface area (TPSA) is 85.2 Å². The van der Waals surface area contributed by atoms with Crippen LogP contribution < -0.4 is 0 Å². The molecule has 0 aliphatic rings. The maximum absolute atomic E-state index is 10.4. The van der Waals surface area contributed by atoms with E-state index in [-0.39, 0.29) is 11.9 Å². The van der Waals surface area contributed by atoms with E-state index >= 15 is 0 Å². The summed E-state index contributed by atoms with van der Waals surface area (Å²) in [4.78, 5) is 16.9. The molecule has 0 saturated carbocycles. The van der Waals surface area contributed by atoms with Crippen molar-refractivity contribution in [1.29, 1.82) is 0 Å². The van der Waals surface area contributed by atoms with Crippen molar-refractivity contribution >= 4 is 23.8 Å². The SMILES string of the molecule is COC(CBr)(COP(=O)(O)O)OC. The van der Waals surface area contributed by atoms with Crippen LogP contribution in [0.25, 0.3) is 0 Å². The monoisotopic (exact) mass is 278 g/mol. The zero-order chi connectivity index (χ0) is 10.5. The summed E-state index contributed by atoms with van der Waals surface area (Å²) in [7, 11) is -1.77. The van der Waals surface area contributed by atoms with Gasteiger partial charge in [-0.25, -0.2) is 4.57 Å². The lowest BCUT2D eigenvalue weighted by Gasteiger charge is -2.28. The lowest BCUT2D eigenvalue weighted by molar-refractivity contribution is -0.206. The van der Waals surface area contributed by atoms with Crippen molar-refractivity contribution < 1.29 is 28.3 Å². The Bertz CT molecular complexity index is 179. The van der Waals surface area contributed by atoms with Crippen molar-refractivity contribution in [2.75, 3.05) is 26.2 Å². The molecule has 0 bridgehead atoms. The van der Waals surface area contributed by atoms with E-state index < -0.39 is 13.6 Å². The molecule has 0 saturated heterocycles. The zero-order valence-corrected chi connectivity index (χ0v) is 9.75. The Kier molecular flexibility index (Phi) is 5.62. The maximum atomic E-state index is 10.4. The van der Waals surface area contributed by atoms with E-state index in [1.165, 1.54) is 14.2 Å². The third kappa shape index (κ3) is 5.07. The lowest BCUT2D eigenvalue weighted by Crippen LogP contribution is -2.40. The van der Waals surface area contributed by atoms with Crippen LogP contribution in [0.3, 0.4) is 0 Å². The number of hydrogen-bond acceptors (Lipinski definition) is 4. The fourth-order valence-corrected chi connectivity index (χ4v) is 1.52. The van der Waals surface area contributed by atoms with Crippen LogP contribution in [0.4, 0.5) is 0 Å². The second kappa shape index (κ2) is 5.41. The van der Waals surface area contributed by atoms with Gasteiger partial charge in [-0.15, -0.1) is 0 Å². The first-order valence-corrected chi connectivity index (χ1v) is 5.90. The van der Waals surface area contributed by atoms with E-state index in [9.17, 15) is 4.57 Å². The Hall–Kier alpha value is 0.510. The van der Waals surface area contributed by atoms with Gasteiger partial charge in [0.2, 0.25) is 5.79 Å². The first-order chi connectivity index (χ1) is 5.89. The average Bonchev–Trinajstić information content (AvgIpc) is 2.06. The van der Waals surface area contributed by atoms with E-state index in [4.69, 9.17) is 19.3 Å². The molecule has 0 atom stereocenters. The summed E-state index contributed by atoms with van der Waals surface area (Å²) in [5.74, 6) is -1.17. The molecule has 0 aromatic carbocycles. The van der Waals surface area contributed by atoms with Gasteiger partial charge in [0, 0.05) is 14.2 Å². The first kappa shape index (κ1) is 13.5. The van der Waals surface area contributed by atoms with Crippen molar-refractivity contribution in [2.45, 2.75) is 5.79 Å². The van der Waals surface area contributed by atoms with Crippen LogP contribution in [-0.2, 0) is 18.6 Å². The van der Waals surface area contributed by atoms with E-state index in [0.29, 0.717) is 0 Å². The fraction of sp³-hybridized carbons (Fsp3) is 1.00. The summed E-state index contributed by atoms with van der Waals surface area (Å²) >= 11 is 3.08. The normalized spacial score (nSPS) is 13.3. The smallest absolute Gasteiger partial charge is 0.350 e. The van der Waals surface area contributed by atoms with Crippen LogP contribution >= 0.6 is 23.8 Å². The number of phosphoric ester groups is 1. The number of phosphoric acid groups is 1. The first-order valence-electron chi connectivity index (χ1n) is 3.25. The molecule has 0 aliphatic carbocycles. The molecule has 8 heteroatoms. The lowest BCUT2D eigenvalue weighted by atomic mass is 10.3. The predicted octanol–water partition coefficient (Wildman–Crippen LogP) is 0.480. The molecule has 0 aromatic rings. The summed E-state index contributed by atoms with van der Waals surface area (Å²) < 4.78 is 24.4. The summed E-state index contributed by atoms with van der Waals surface area (Å²) in [5, 5.41) is 0.243. The molecule has 0 rings (SSSR count). The van der Waals surface area contributed by atoms with Crippen LogP contribution in [0, 0.1) is 0 Å². The van der Waals surface area contributed by atoms with Crippen LogP contribution in [0.2, 0.25) is 0 Å². The molecule has 2 N–H and O–H groups in total. The number of halogens is 1. The summed E-state index contributed by atoms with van der Waals surface area (Å²) in [6.07, 6.45) is 0. The third-order valence-electron chi connectivity index (χ3n) is 1.40. The van der Waals surface area contributed by atoms with Crippen LogP contribution in [0.15, 0.2) is 0 Å². The summed E-state index contributed by atoms with van der Waals surface area (Å²) in [6, 6.07) is 0. The number of hydrogen-bond donors (Lipinski definition) is 2. The molecule has 0 radical (unpaired) electrons. The second-order valence-electron chi connectivity index (χ2n) is 2.22. The minimum atomic E-state index is -4.48. The quantitative estimate of drug-likeness (QED) is 0.418. The Morgan fingerprint density at radius 3 is 2.08 bits per heavy atom. The molecular formula is C5H12BrO6P. The number of ether oxygens (including phenoxy) is 2. The molecule has 0 spiro atoms.